The smallest absolute Gasteiger partial charge is 0.348 e. The quantitative estimate of drug-likeness (QED) is 0.560. The number of morpholine rings is 1. The van der Waals surface area contributed by atoms with Gasteiger partial charge in [0.25, 0.3) is 0 Å². The third-order valence-electron chi connectivity index (χ3n) is 4.94. The second kappa shape index (κ2) is 12.7. The van der Waals surface area contributed by atoms with Gasteiger partial charge in [0, 0.05) is 32.2 Å². The molecule has 0 bridgehead atoms. The van der Waals surface area contributed by atoms with Crippen molar-refractivity contribution in [3.8, 4) is 0 Å². The first-order valence-corrected chi connectivity index (χ1v) is 10.6. The zero-order chi connectivity index (χ0) is 22.6. The molecule has 1 aromatic rings. The standard InChI is InChI=1S/C24H34N4O3/c1-5-7-9-10-19(3)21(11-8-6-2)18-27(12-14-29)22-16-23(26-24(30)25-22)28-13-15-31-20(4)17-28/h5-11,16,20,29H,2,12-15,17-18H2,1,3-4H3,(H,25,26,30)/b7-5-,10-9-,11-8-,21-19-/t20-/m0/s1. The number of H-pyrrole nitrogens is 1. The summed E-state index contributed by atoms with van der Waals surface area (Å²) in [6.45, 7) is 12.6. The van der Waals surface area contributed by atoms with Gasteiger partial charge in [-0.05, 0) is 31.9 Å². The van der Waals surface area contributed by atoms with Crippen molar-refractivity contribution in [2.75, 3.05) is 49.2 Å². The zero-order valence-corrected chi connectivity index (χ0v) is 18.8. The highest BCUT2D eigenvalue weighted by atomic mass is 16.5. The number of anilines is 2. The van der Waals surface area contributed by atoms with E-state index in [1.807, 2.05) is 68.2 Å². The summed E-state index contributed by atoms with van der Waals surface area (Å²) in [5.41, 5.74) is 1.72. The van der Waals surface area contributed by atoms with E-state index >= 15 is 0 Å². The fraction of sp³-hybridized carbons (Fsp3) is 0.417. The van der Waals surface area contributed by atoms with Crippen LogP contribution in [-0.4, -0.2) is 60.6 Å². The molecule has 1 fully saturated rings. The van der Waals surface area contributed by atoms with Crippen LogP contribution in [0.3, 0.4) is 0 Å². The molecule has 2 heterocycles. The Morgan fingerprint density at radius 3 is 2.90 bits per heavy atom. The van der Waals surface area contributed by atoms with Crippen LogP contribution in [0.25, 0.3) is 0 Å². The summed E-state index contributed by atoms with van der Waals surface area (Å²) >= 11 is 0. The summed E-state index contributed by atoms with van der Waals surface area (Å²) in [6, 6.07) is 1.87. The monoisotopic (exact) mass is 426 g/mol. The fourth-order valence-corrected chi connectivity index (χ4v) is 3.31. The molecule has 7 heteroatoms. The minimum Gasteiger partial charge on any atom is -0.395 e. The molecule has 0 unspecified atom stereocenters. The lowest BCUT2D eigenvalue weighted by atomic mass is 10.1. The Labute approximate surface area is 184 Å². The van der Waals surface area contributed by atoms with E-state index in [9.17, 15) is 9.90 Å². The summed E-state index contributed by atoms with van der Waals surface area (Å²) in [6.07, 6.45) is 13.7. The molecule has 168 valence electrons. The normalized spacial score (nSPS) is 18.2. The maximum Gasteiger partial charge on any atom is 0.348 e. The first-order valence-electron chi connectivity index (χ1n) is 10.6. The molecule has 1 saturated heterocycles. The van der Waals surface area contributed by atoms with E-state index in [-0.39, 0.29) is 12.7 Å². The maximum absolute atomic E-state index is 12.3. The van der Waals surface area contributed by atoms with Gasteiger partial charge < -0.3 is 19.6 Å². The van der Waals surface area contributed by atoms with Gasteiger partial charge in [-0.1, -0.05) is 49.1 Å². The van der Waals surface area contributed by atoms with Crippen LogP contribution >= 0.6 is 0 Å². The van der Waals surface area contributed by atoms with Crippen LogP contribution < -0.4 is 15.5 Å². The van der Waals surface area contributed by atoms with Gasteiger partial charge in [-0.15, -0.1) is 0 Å². The highest BCUT2D eigenvalue weighted by molar-refractivity contribution is 5.52. The van der Waals surface area contributed by atoms with Crippen LogP contribution in [0.1, 0.15) is 20.8 Å². The minimum atomic E-state index is -0.411. The Morgan fingerprint density at radius 2 is 2.23 bits per heavy atom. The third-order valence-corrected chi connectivity index (χ3v) is 4.94. The summed E-state index contributed by atoms with van der Waals surface area (Å²) < 4.78 is 5.60. The van der Waals surface area contributed by atoms with Crippen LogP contribution in [0.4, 0.5) is 11.6 Å². The van der Waals surface area contributed by atoms with Crippen LogP contribution in [0, 0.1) is 0 Å². The fourth-order valence-electron chi connectivity index (χ4n) is 3.31. The molecule has 0 amide bonds. The van der Waals surface area contributed by atoms with Gasteiger partial charge in [-0.3, -0.25) is 4.98 Å². The number of nitrogens with zero attached hydrogens (tertiary/aromatic N) is 3. The SMILES string of the molecule is C=C\C=C/C(CN(CCO)c1cc(N2CCO[C@@H](C)C2)nc(=O)[nH]1)=C(C)/C=C\C=C/C. The van der Waals surface area contributed by atoms with Gasteiger partial charge in [0.05, 0.1) is 19.3 Å². The maximum atomic E-state index is 12.3. The van der Waals surface area contributed by atoms with Gasteiger partial charge in [-0.25, -0.2) is 4.79 Å². The minimum absolute atomic E-state index is 0.0415. The van der Waals surface area contributed by atoms with E-state index in [4.69, 9.17) is 4.74 Å². The highest BCUT2D eigenvalue weighted by Gasteiger charge is 2.20. The summed E-state index contributed by atoms with van der Waals surface area (Å²) in [4.78, 5) is 23.3. The molecule has 31 heavy (non-hydrogen) atoms. The number of aliphatic hydroxyl groups excluding tert-OH is 1. The molecule has 0 saturated carbocycles. The largest absolute Gasteiger partial charge is 0.395 e. The Morgan fingerprint density at radius 1 is 1.42 bits per heavy atom. The third kappa shape index (κ3) is 7.70. The molecule has 7 nitrogen and oxygen atoms in total. The number of aliphatic hydroxyl groups is 1. The Bertz CT molecular complexity index is 898. The highest BCUT2D eigenvalue weighted by Crippen LogP contribution is 2.21. The number of aromatic nitrogens is 2. The number of nitrogens with one attached hydrogen (secondary N) is 1. The van der Waals surface area contributed by atoms with E-state index in [0.29, 0.717) is 44.4 Å². The second-order valence-electron chi connectivity index (χ2n) is 7.39. The lowest BCUT2D eigenvalue weighted by molar-refractivity contribution is 0.0529. The zero-order valence-electron chi connectivity index (χ0n) is 18.8. The van der Waals surface area contributed by atoms with Crippen LogP contribution in [0.5, 0.6) is 0 Å². The number of aromatic amines is 1. The van der Waals surface area contributed by atoms with Crippen LogP contribution in [0.2, 0.25) is 0 Å². The van der Waals surface area contributed by atoms with Gasteiger partial charge in [0.2, 0.25) is 0 Å². The van der Waals surface area contributed by atoms with Crippen molar-refractivity contribution in [3.63, 3.8) is 0 Å². The number of allylic oxidation sites excluding steroid dienone is 7. The van der Waals surface area contributed by atoms with Crippen molar-refractivity contribution < 1.29 is 9.84 Å². The number of hydrogen-bond acceptors (Lipinski definition) is 6. The molecule has 2 N–H and O–H groups in total. The molecule has 0 aliphatic carbocycles. The van der Waals surface area contributed by atoms with Gasteiger partial charge >= 0.3 is 5.69 Å². The topological polar surface area (TPSA) is 81.7 Å². The molecule has 1 aromatic heterocycles. The van der Waals surface area contributed by atoms with Gasteiger partial charge in [0.1, 0.15) is 11.6 Å². The average molecular weight is 427 g/mol. The molecular formula is C24H34N4O3. The van der Waals surface area contributed by atoms with Gasteiger partial charge in [-0.2, -0.15) is 4.98 Å². The average Bonchev–Trinajstić information content (AvgIpc) is 2.75. The van der Waals surface area contributed by atoms with Crippen LogP contribution in [-0.2, 0) is 4.74 Å². The lowest BCUT2D eigenvalue weighted by Gasteiger charge is -2.32. The molecule has 1 atom stereocenters. The van der Waals surface area contributed by atoms with Crippen molar-refractivity contribution in [1.29, 1.82) is 0 Å². The van der Waals surface area contributed by atoms with Crippen LogP contribution in [0.15, 0.2) is 71.1 Å². The number of hydrogen-bond donors (Lipinski definition) is 2. The Hall–Kier alpha value is -2.90. The molecule has 0 aromatic carbocycles. The summed E-state index contributed by atoms with van der Waals surface area (Å²) in [5, 5.41) is 9.67. The molecule has 1 aliphatic heterocycles. The lowest BCUT2D eigenvalue weighted by Crippen LogP contribution is -2.42. The Kier molecular flexibility index (Phi) is 10.00. The predicted octanol–water partition coefficient (Wildman–Crippen LogP) is 2.98. The summed E-state index contributed by atoms with van der Waals surface area (Å²) in [7, 11) is 0. The molecule has 0 spiro atoms. The van der Waals surface area contributed by atoms with Crippen molar-refractivity contribution in [2.45, 2.75) is 26.9 Å². The summed E-state index contributed by atoms with van der Waals surface area (Å²) in [5.74, 6) is 1.24. The number of ether oxygens (including phenoxy) is 1. The number of rotatable bonds is 10. The van der Waals surface area contributed by atoms with E-state index in [1.54, 1.807) is 6.08 Å². The van der Waals surface area contributed by atoms with Gasteiger partial charge in [0.15, 0.2) is 0 Å². The van der Waals surface area contributed by atoms with E-state index in [1.165, 1.54) is 0 Å². The molecule has 0 radical (unpaired) electrons. The van der Waals surface area contributed by atoms with Crippen molar-refractivity contribution in [3.05, 3.63) is 76.8 Å². The Balaban J connectivity index is 2.38. The van der Waals surface area contributed by atoms with E-state index < -0.39 is 5.69 Å². The first kappa shape index (κ1) is 24.4. The predicted molar refractivity (Wildman–Crippen MR) is 128 cm³/mol. The second-order valence-corrected chi connectivity index (χ2v) is 7.39. The van der Waals surface area contributed by atoms with Crippen molar-refractivity contribution in [2.24, 2.45) is 0 Å². The molecule has 1 aliphatic rings. The first-order chi connectivity index (χ1) is 15.0. The molecule has 2 rings (SSSR count). The van der Waals surface area contributed by atoms with Crippen molar-refractivity contribution in [1.82, 2.24) is 9.97 Å². The van der Waals surface area contributed by atoms with E-state index in [0.717, 1.165) is 11.1 Å². The molecular weight excluding hydrogens is 392 g/mol. The van der Waals surface area contributed by atoms with Crippen molar-refractivity contribution >= 4 is 11.6 Å². The van der Waals surface area contributed by atoms with E-state index in [2.05, 4.69) is 21.4 Å².